The highest BCUT2D eigenvalue weighted by molar-refractivity contribution is 7.22. The number of pyridine rings is 1. The van der Waals surface area contributed by atoms with Crippen molar-refractivity contribution in [2.45, 2.75) is 33.5 Å². The van der Waals surface area contributed by atoms with Crippen molar-refractivity contribution in [1.82, 2.24) is 24.3 Å². The fourth-order valence-electron chi connectivity index (χ4n) is 5.97. The molecule has 0 aliphatic carbocycles. The maximum absolute atomic E-state index is 15.1. The zero-order valence-electron chi connectivity index (χ0n) is 29.2. The van der Waals surface area contributed by atoms with Crippen molar-refractivity contribution in [3.05, 3.63) is 146 Å². The number of hydrogen-bond acceptors (Lipinski definition) is 8. The molecule has 3 aromatic carbocycles. The van der Waals surface area contributed by atoms with Gasteiger partial charge in [0.05, 0.1) is 29.9 Å². The molecule has 0 aliphatic rings. The van der Waals surface area contributed by atoms with Gasteiger partial charge in [-0.2, -0.15) is 0 Å². The lowest BCUT2D eigenvalue weighted by molar-refractivity contribution is 0.0519. The second-order valence-corrected chi connectivity index (χ2v) is 13.1. The molecule has 6 aromatic rings. The van der Waals surface area contributed by atoms with Gasteiger partial charge < -0.3 is 15.4 Å². The number of amides is 2. The van der Waals surface area contributed by atoms with Crippen molar-refractivity contribution >= 4 is 39.2 Å². The summed E-state index contributed by atoms with van der Waals surface area (Å²) in [6, 6.07) is 23.5. The number of fused-ring (bicyclic) bond motifs is 1. The van der Waals surface area contributed by atoms with Crippen LogP contribution in [0.15, 0.2) is 101 Å². The van der Waals surface area contributed by atoms with Crippen LogP contribution in [0.4, 0.5) is 19.3 Å². The van der Waals surface area contributed by atoms with E-state index < -0.39 is 35.4 Å². The zero-order valence-corrected chi connectivity index (χ0v) is 30.0. The van der Waals surface area contributed by atoms with Crippen molar-refractivity contribution in [1.29, 1.82) is 0 Å². The molecule has 0 atom stereocenters. The number of hydrogen-bond donors (Lipinski definition) is 2. The van der Waals surface area contributed by atoms with Crippen LogP contribution in [0, 0.1) is 11.6 Å². The first-order valence-electron chi connectivity index (χ1n) is 16.9. The minimum atomic E-state index is -0.827. The van der Waals surface area contributed by atoms with E-state index in [1.54, 1.807) is 79.7 Å². The third-order valence-corrected chi connectivity index (χ3v) is 9.66. The number of carbonyl (C=O) groups is 2. The number of benzene rings is 3. The van der Waals surface area contributed by atoms with Gasteiger partial charge in [0.25, 0.3) is 5.56 Å². The van der Waals surface area contributed by atoms with E-state index in [9.17, 15) is 19.2 Å². The van der Waals surface area contributed by atoms with Gasteiger partial charge in [-0.15, -0.1) is 11.3 Å². The van der Waals surface area contributed by atoms with Crippen LogP contribution in [-0.4, -0.2) is 51.2 Å². The summed E-state index contributed by atoms with van der Waals surface area (Å²) < 4.78 is 37.6. The summed E-state index contributed by atoms with van der Waals surface area (Å²) in [5, 5.41) is 5.65. The predicted molar refractivity (Wildman–Crippen MR) is 201 cm³/mol. The van der Waals surface area contributed by atoms with Gasteiger partial charge in [-0.05, 0) is 80.6 Å². The Balaban J connectivity index is 1.54. The Morgan fingerprint density at radius 3 is 2.25 bits per heavy atom. The number of aromatic nitrogens is 3. The van der Waals surface area contributed by atoms with Gasteiger partial charge in [0.1, 0.15) is 22.2 Å². The molecule has 0 radical (unpaired) electrons. The van der Waals surface area contributed by atoms with E-state index in [1.807, 2.05) is 18.9 Å². The molecule has 3 aromatic heterocycles. The summed E-state index contributed by atoms with van der Waals surface area (Å²) in [6.45, 7) is 4.14. The van der Waals surface area contributed by atoms with Crippen LogP contribution in [0.5, 0.6) is 0 Å². The first-order chi connectivity index (χ1) is 25.6. The Morgan fingerprint density at radius 2 is 1.57 bits per heavy atom. The number of para-hydroxylation sites is 1. The van der Waals surface area contributed by atoms with E-state index in [1.165, 1.54) is 10.6 Å². The van der Waals surface area contributed by atoms with E-state index in [2.05, 4.69) is 15.6 Å². The van der Waals surface area contributed by atoms with Gasteiger partial charge in [-0.25, -0.2) is 32.7 Å². The van der Waals surface area contributed by atoms with Gasteiger partial charge in [0.2, 0.25) is 0 Å². The van der Waals surface area contributed by atoms with Crippen molar-refractivity contribution in [3.63, 3.8) is 0 Å². The fourth-order valence-corrected chi connectivity index (χ4v) is 7.27. The van der Waals surface area contributed by atoms with Crippen LogP contribution in [0.2, 0.25) is 0 Å². The molecule has 53 heavy (non-hydrogen) atoms. The molecule has 0 aliphatic heterocycles. The predicted octanol–water partition coefficient (Wildman–Crippen LogP) is 6.55. The number of anilines is 1. The quantitative estimate of drug-likeness (QED) is 0.136. The third kappa shape index (κ3) is 7.93. The lowest BCUT2D eigenvalue weighted by Gasteiger charge is -2.18. The molecule has 2 N–H and O–H groups in total. The Hall–Kier alpha value is -5.99. The average molecular weight is 739 g/mol. The van der Waals surface area contributed by atoms with Crippen LogP contribution in [0.3, 0.4) is 0 Å². The van der Waals surface area contributed by atoms with E-state index in [0.29, 0.717) is 39.6 Å². The second-order valence-electron chi connectivity index (χ2n) is 12.1. The molecule has 272 valence electrons. The number of nitrogens with one attached hydrogen (secondary N) is 2. The lowest BCUT2D eigenvalue weighted by atomic mass is 10.1. The summed E-state index contributed by atoms with van der Waals surface area (Å²) in [5.74, 6) is -2.20. The Kier molecular flexibility index (Phi) is 11.2. The highest BCUT2D eigenvalue weighted by Gasteiger charge is 2.26. The third-order valence-electron chi connectivity index (χ3n) is 8.36. The van der Waals surface area contributed by atoms with Gasteiger partial charge in [0.15, 0.2) is 0 Å². The fraction of sp³-hybridized carbons (Fsp3) is 0.205. The summed E-state index contributed by atoms with van der Waals surface area (Å²) in [5.41, 5.74) is 1.14. The second kappa shape index (κ2) is 16.1. The lowest BCUT2D eigenvalue weighted by Crippen LogP contribution is -2.39. The standard InChI is InChI=1S/C39H36F2N6O5S/c1-4-42-38(50)44-25-19-17-24(18-20-25)34-29(22-45(3)21-26-11-9-16-32(43-26)37(49)52-5-2)33-35(48)47(27-12-7-6-8-13-27)39(51)46(36(33)53-34)23-28-30(40)14-10-15-31(28)41/h6-20H,4-5,21-23H2,1-3H3,(H2,42,44,50). The van der Waals surface area contributed by atoms with Crippen molar-refractivity contribution in [3.8, 4) is 16.1 Å². The molecule has 2 amide bonds. The first kappa shape index (κ1) is 36.8. The van der Waals surface area contributed by atoms with Crippen LogP contribution >= 0.6 is 11.3 Å². The smallest absolute Gasteiger partial charge is 0.356 e. The highest BCUT2D eigenvalue weighted by Crippen LogP contribution is 2.39. The monoisotopic (exact) mass is 738 g/mol. The summed E-state index contributed by atoms with van der Waals surface area (Å²) in [4.78, 5) is 60.7. The molecule has 0 unspecified atom stereocenters. The number of carbonyl (C=O) groups excluding carboxylic acids is 2. The van der Waals surface area contributed by atoms with Crippen molar-refractivity contribution in [2.75, 3.05) is 25.5 Å². The van der Waals surface area contributed by atoms with E-state index in [4.69, 9.17) is 4.74 Å². The molecule has 11 nitrogen and oxygen atoms in total. The minimum absolute atomic E-state index is 0.163. The molecule has 6 rings (SSSR count). The van der Waals surface area contributed by atoms with Gasteiger partial charge in [-0.1, -0.05) is 42.5 Å². The van der Waals surface area contributed by atoms with E-state index in [0.717, 1.165) is 28.0 Å². The Bertz CT molecular complexity index is 2390. The largest absolute Gasteiger partial charge is 0.461 e. The van der Waals surface area contributed by atoms with Crippen LogP contribution in [0.1, 0.15) is 41.2 Å². The van der Waals surface area contributed by atoms with E-state index in [-0.39, 0.29) is 47.2 Å². The van der Waals surface area contributed by atoms with Gasteiger partial charge >= 0.3 is 17.7 Å². The number of halogens is 2. The van der Waals surface area contributed by atoms with E-state index >= 15 is 8.78 Å². The molecular formula is C39H36F2N6O5S. The Labute approximate surface area is 307 Å². The molecular weight excluding hydrogens is 703 g/mol. The van der Waals surface area contributed by atoms with Crippen LogP contribution in [0.25, 0.3) is 26.3 Å². The highest BCUT2D eigenvalue weighted by atomic mass is 32.1. The number of nitrogens with zero attached hydrogens (tertiary/aromatic N) is 4. The number of rotatable bonds is 12. The molecule has 0 saturated carbocycles. The molecule has 14 heteroatoms. The molecule has 0 fully saturated rings. The van der Waals surface area contributed by atoms with Crippen molar-refractivity contribution in [2.24, 2.45) is 0 Å². The minimum Gasteiger partial charge on any atom is -0.461 e. The summed E-state index contributed by atoms with van der Waals surface area (Å²) >= 11 is 1.16. The van der Waals surface area contributed by atoms with Crippen LogP contribution in [-0.2, 0) is 24.4 Å². The number of urea groups is 1. The topological polar surface area (TPSA) is 128 Å². The summed E-state index contributed by atoms with van der Waals surface area (Å²) in [6.07, 6.45) is 0. The number of ether oxygens (including phenoxy) is 1. The van der Waals surface area contributed by atoms with Gasteiger partial charge in [-0.3, -0.25) is 14.3 Å². The van der Waals surface area contributed by atoms with Gasteiger partial charge in [0, 0.05) is 35.8 Å². The molecule has 3 heterocycles. The molecule has 0 bridgehead atoms. The summed E-state index contributed by atoms with van der Waals surface area (Å²) in [7, 11) is 1.83. The van der Waals surface area contributed by atoms with Crippen molar-refractivity contribution < 1.29 is 23.1 Å². The maximum Gasteiger partial charge on any atom is 0.356 e. The SMILES string of the molecule is CCNC(=O)Nc1ccc(-c2sc3c(c2CN(C)Cc2cccc(C(=O)OCC)n2)c(=O)n(-c2ccccc2)c(=O)n3Cc2c(F)cccc2F)cc1. The molecule has 0 saturated heterocycles. The maximum atomic E-state index is 15.1. The normalized spacial score (nSPS) is 11.2. The number of thiophene rings is 1. The zero-order chi connectivity index (χ0) is 37.6. The number of esters is 1. The molecule has 0 spiro atoms. The van der Waals surface area contributed by atoms with Crippen LogP contribution < -0.4 is 21.9 Å². The first-order valence-corrected chi connectivity index (χ1v) is 17.7. The Morgan fingerprint density at radius 1 is 0.868 bits per heavy atom. The average Bonchev–Trinajstić information content (AvgIpc) is 3.51.